The minimum atomic E-state index is -3.78. The molecule has 1 aromatic heterocycles. The minimum Gasteiger partial charge on any atom is -0.262 e. The molecule has 1 aliphatic carbocycles. The van der Waals surface area contributed by atoms with Crippen LogP contribution >= 0.6 is 0 Å². The third-order valence-corrected chi connectivity index (χ3v) is 3.64. The molecule has 0 aromatic carbocycles. The molecule has 1 aliphatic rings. The van der Waals surface area contributed by atoms with E-state index in [9.17, 15) is 8.42 Å². The number of aromatic amines is 1. The van der Waals surface area contributed by atoms with Crippen molar-refractivity contribution in [3.05, 3.63) is 5.82 Å². The van der Waals surface area contributed by atoms with Crippen molar-refractivity contribution < 1.29 is 8.42 Å². The van der Waals surface area contributed by atoms with Gasteiger partial charge in [-0.1, -0.05) is 13.3 Å². The molecule has 7 heteroatoms. The summed E-state index contributed by atoms with van der Waals surface area (Å²) in [5.74, 6) is 1.45. The highest BCUT2D eigenvalue weighted by Crippen LogP contribution is 2.37. The van der Waals surface area contributed by atoms with Gasteiger partial charge in [-0.15, -0.1) is 5.10 Å². The molecule has 0 bridgehead atoms. The molecule has 0 amide bonds. The Morgan fingerprint density at radius 3 is 2.67 bits per heavy atom. The molecule has 1 aromatic rings. The van der Waals surface area contributed by atoms with Crippen LogP contribution < -0.4 is 5.14 Å². The predicted molar refractivity (Wildman–Crippen MR) is 53.5 cm³/mol. The lowest BCUT2D eigenvalue weighted by atomic mass is 9.98. The first-order valence-corrected chi connectivity index (χ1v) is 6.48. The highest BCUT2D eigenvalue weighted by atomic mass is 32.2. The number of hydrogen-bond donors (Lipinski definition) is 2. The molecule has 0 aliphatic heterocycles. The van der Waals surface area contributed by atoms with E-state index in [0.29, 0.717) is 11.7 Å². The van der Waals surface area contributed by atoms with Gasteiger partial charge in [0.15, 0.2) is 0 Å². The van der Waals surface area contributed by atoms with Crippen molar-refractivity contribution in [3.8, 4) is 0 Å². The Balaban J connectivity index is 2.28. The first-order valence-electron chi connectivity index (χ1n) is 4.93. The molecule has 15 heavy (non-hydrogen) atoms. The van der Waals surface area contributed by atoms with Gasteiger partial charge in [-0.2, -0.15) is 0 Å². The lowest BCUT2D eigenvalue weighted by molar-refractivity contribution is 0.510. The van der Waals surface area contributed by atoms with Gasteiger partial charge in [0.05, 0.1) is 0 Å². The molecule has 1 fully saturated rings. The Morgan fingerprint density at radius 2 is 2.20 bits per heavy atom. The third-order valence-electron chi connectivity index (χ3n) is 2.95. The second kappa shape index (κ2) is 3.57. The van der Waals surface area contributed by atoms with Crippen LogP contribution in [0.25, 0.3) is 0 Å². The molecule has 2 rings (SSSR count). The number of hydrogen-bond acceptors (Lipinski definition) is 4. The Hall–Kier alpha value is -0.950. The number of nitrogens with one attached hydrogen (secondary N) is 1. The second-order valence-electron chi connectivity index (χ2n) is 4.06. The summed E-state index contributed by atoms with van der Waals surface area (Å²) in [6.45, 7) is 2.14. The van der Waals surface area contributed by atoms with Crippen LogP contribution in [-0.2, 0) is 10.0 Å². The normalized spacial score (nSPS) is 27.1. The van der Waals surface area contributed by atoms with E-state index in [-0.39, 0.29) is 11.1 Å². The molecule has 1 saturated carbocycles. The van der Waals surface area contributed by atoms with Gasteiger partial charge < -0.3 is 0 Å². The van der Waals surface area contributed by atoms with Gasteiger partial charge in [0.2, 0.25) is 0 Å². The quantitative estimate of drug-likeness (QED) is 0.765. The smallest absolute Gasteiger partial charge is 0.262 e. The average molecular weight is 230 g/mol. The standard InChI is InChI=1S/C8H14N4O2S/c1-5-3-2-4-6(5)7-10-8(12-11-7)15(9,13)14/h5-6H,2-4H2,1H3,(H2,9,13,14)(H,10,11,12). The molecule has 1 heterocycles. The van der Waals surface area contributed by atoms with Gasteiger partial charge in [0.1, 0.15) is 5.82 Å². The van der Waals surface area contributed by atoms with E-state index in [1.54, 1.807) is 0 Å². The summed E-state index contributed by atoms with van der Waals surface area (Å²) >= 11 is 0. The van der Waals surface area contributed by atoms with Crippen LogP contribution in [0, 0.1) is 5.92 Å². The number of nitrogens with two attached hydrogens (primary N) is 1. The number of H-pyrrole nitrogens is 1. The average Bonchev–Trinajstić information content (AvgIpc) is 2.69. The monoisotopic (exact) mass is 230 g/mol. The molecule has 0 saturated heterocycles. The van der Waals surface area contributed by atoms with Crippen LogP contribution in [0.1, 0.15) is 37.9 Å². The molecule has 3 N–H and O–H groups in total. The SMILES string of the molecule is CC1CCCC1c1nc(S(N)(=O)=O)n[nH]1. The van der Waals surface area contributed by atoms with Gasteiger partial charge in [0.25, 0.3) is 15.2 Å². The second-order valence-corrected chi connectivity index (χ2v) is 5.52. The van der Waals surface area contributed by atoms with E-state index >= 15 is 0 Å². The Kier molecular flexibility index (Phi) is 2.51. The van der Waals surface area contributed by atoms with Crippen LogP contribution in [0.3, 0.4) is 0 Å². The van der Waals surface area contributed by atoms with Crippen LogP contribution in [0.4, 0.5) is 0 Å². The highest BCUT2D eigenvalue weighted by Gasteiger charge is 2.28. The van der Waals surface area contributed by atoms with E-state index in [1.165, 1.54) is 0 Å². The van der Waals surface area contributed by atoms with Crippen LogP contribution in [0.15, 0.2) is 5.16 Å². The topological polar surface area (TPSA) is 102 Å². The number of nitrogens with zero attached hydrogens (tertiary/aromatic N) is 2. The van der Waals surface area contributed by atoms with Crippen molar-refractivity contribution in [3.63, 3.8) is 0 Å². The molecule has 2 atom stereocenters. The fourth-order valence-electron chi connectivity index (χ4n) is 2.10. The van der Waals surface area contributed by atoms with Crippen LogP contribution in [-0.4, -0.2) is 23.6 Å². The molecular formula is C8H14N4O2S. The van der Waals surface area contributed by atoms with Gasteiger partial charge in [0, 0.05) is 5.92 Å². The lowest BCUT2D eigenvalue weighted by Crippen LogP contribution is -2.14. The molecule has 2 unspecified atom stereocenters. The number of sulfonamides is 1. The molecule has 84 valence electrons. The van der Waals surface area contributed by atoms with Gasteiger partial charge in [-0.05, 0) is 18.8 Å². The molecule has 6 nitrogen and oxygen atoms in total. The summed E-state index contributed by atoms with van der Waals surface area (Å²) in [5, 5.41) is 10.9. The van der Waals surface area contributed by atoms with Crippen LogP contribution in [0.2, 0.25) is 0 Å². The van der Waals surface area contributed by atoms with Gasteiger partial charge >= 0.3 is 0 Å². The summed E-state index contributed by atoms with van der Waals surface area (Å²) in [4.78, 5) is 3.93. The zero-order valence-electron chi connectivity index (χ0n) is 8.47. The van der Waals surface area contributed by atoms with E-state index in [2.05, 4.69) is 22.1 Å². The molecule has 0 spiro atoms. The number of aromatic nitrogens is 3. The maximum Gasteiger partial charge on any atom is 0.282 e. The van der Waals surface area contributed by atoms with E-state index < -0.39 is 10.0 Å². The third kappa shape index (κ3) is 2.03. The van der Waals surface area contributed by atoms with E-state index in [1.807, 2.05) is 0 Å². The molecule has 0 radical (unpaired) electrons. The summed E-state index contributed by atoms with van der Waals surface area (Å²) < 4.78 is 22.0. The Labute approximate surface area is 88.3 Å². The number of rotatable bonds is 2. The summed E-state index contributed by atoms with van der Waals surface area (Å²) in [6.07, 6.45) is 3.33. The van der Waals surface area contributed by atoms with Crippen molar-refractivity contribution in [2.45, 2.75) is 37.3 Å². The van der Waals surface area contributed by atoms with E-state index in [0.717, 1.165) is 19.3 Å². The highest BCUT2D eigenvalue weighted by molar-refractivity contribution is 7.89. The van der Waals surface area contributed by atoms with Gasteiger partial charge in [-0.3, -0.25) is 5.10 Å². The first-order chi connectivity index (χ1) is 6.98. The van der Waals surface area contributed by atoms with Gasteiger partial charge in [-0.25, -0.2) is 18.5 Å². The van der Waals surface area contributed by atoms with Crippen LogP contribution in [0.5, 0.6) is 0 Å². The number of primary sulfonamides is 1. The van der Waals surface area contributed by atoms with Crippen molar-refractivity contribution >= 4 is 10.0 Å². The maximum absolute atomic E-state index is 11.0. The van der Waals surface area contributed by atoms with Crippen molar-refractivity contribution in [1.29, 1.82) is 0 Å². The van der Waals surface area contributed by atoms with E-state index in [4.69, 9.17) is 5.14 Å². The first kappa shape index (κ1) is 10.6. The largest absolute Gasteiger partial charge is 0.282 e. The summed E-state index contributed by atoms with van der Waals surface area (Å²) in [5.41, 5.74) is 0. The zero-order valence-corrected chi connectivity index (χ0v) is 9.29. The van der Waals surface area contributed by atoms with Crippen molar-refractivity contribution in [2.75, 3.05) is 0 Å². The molecular weight excluding hydrogens is 216 g/mol. The zero-order chi connectivity index (χ0) is 11.1. The van der Waals surface area contributed by atoms with Crippen molar-refractivity contribution in [1.82, 2.24) is 15.2 Å². The summed E-state index contributed by atoms with van der Waals surface area (Å²) in [7, 11) is -3.78. The summed E-state index contributed by atoms with van der Waals surface area (Å²) in [6, 6.07) is 0. The lowest BCUT2D eigenvalue weighted by Gasteiger charge is -2.10. The minimum absolute atomic E-state index is 0.285. The Bertz CT molecular complexity index is 453. The maximum atomic E-state index is 11.0. The fraction of sp³-hybridized carbons (Fsp3) is 0.750. The fourth-order valence-corrected chi connectivity index (χ4v) is 2.50. The predicted octanol–water partition coefficient (Wildman–Crippen LogP) is 0.356. The Morgan fingerprint density at radius 1 is 1.47 bits per heavy atom. The van der Waals surface area contributed by atoms with Crippen molar-refractivity contribution in [2.24, 2.45) is 11.1 Å².